The maximum Gasteiger partial charge on any atom is 0.220 e. The van der Waals surface area contributed by atoms with Crippen LogP contribution in [0.2, 0.25) is 0 Å². The Morgan fingerprint density at radius 2 is 2.12 bits per heavy atom. The zero-order valence-electron chi connectivity index (χ0n) is 14.8. The topological polar surface area (TPSA) is 56.1 Å². The minimum Gasteiger partial charge on any atom is -0.356 e. The van der Waals surface area contributed by atoms with Crippen LogP contribution < -0.4 is 5.32 Å². The molecule has 1 N–H and O–H groups in total. The second-order valence-corrected chi connectivity index (χ2v) is 6.91. The molecule has 1 aromatic carbocycles. The van der Waals surface area contributed by atoms with Gasteiger partial charge in [0.15, 0.2) is 0 Å². The fraction of sp³-hybridized carbons (Fsp3) is 0.600. The van der Waals surface area contributed by atoms with Gasteiger partial charge in [0.05, 0.1) is 11.6 Å². The summed E-state index contributed by atoms with van der Waals surface area (Å²) >= 11 is 0. The quantitative estimate of drug-likeness (QED) is 0.746. The Labute approximate surface area is 145 Å². The van der Waals surface area contributed by atoms with E-state index in [1.54, 1.807) is 12.1 Å². The van der Waals surface area contributed by atoms with E-state index in [1.807, 2.05) is 12.1 Å². The molecule has 0 unspecified atom stereocenters. The molecule has 0 aromatic heterocycles. The lowest BCUT2D eigenvalue weighted by Gasteiger charge is -2.30. The third-order valence-electron chi connectivity index (χ3n) is 4.69. The summed E-state index contributed by atoms with van der Waals surface area (Å²) in [5.74, 6) is 0.951. The van der Waals surface area contributed by atoms with E-state index >= 15 is 0 Å². The summed E-state index contributed by atoms with van der Waals surface area (Å²) in [6.07, 6.45) is 6.13. The average molecular weight is 327 g/mol. The van der Waals surface area contributed by atoms with Gasteiger partial charge in [-0.15, -0.1) is 0 Å². The molecular formula is C20H29N3O. The molecule has 130 valence electrons. The molecule has 0 saturated carbocycles. The van der Waals surface area contributed by atoms with Crippen molar-refractivity contribution in [2.75, 3.05) is 26.2 Å². The Morgan fingerprint density at radius 1 is 1.33 bits per heavy atom. The van der Waals surface area contributed by atoms with Gasteiger partial charge < -0.3 is 10.2 Å². The van der Waals surface area contributed by atoms with Crippen molar-refractivity contribution in [1.82, 2.24) is 10.2 Å². The number of rotatable bonds is 8. The van der Waals surface area contributed by atoms with E-state index in [0.29, 0.717) is 12.0 Å². The van der Waals surface area contributed by atoms with Crippen molar-refractivity contribution in [1.29, 1.82) is 5.26 Å². The molecule has 24 heavy (non-hydrogen) atoms. The number of carbonyl (C=O) groups excluding carboxylic acids is 1. The summed E-state index contributed by atoms with van der Waals surface area (Å²) in [5, 5.41) is 11.8. The number of hydrogen-bond donors (Lipinski definition) is 1. The molecule has 1 atom stereocenters. The molecule has 1 heterocycles. The average Bonchev–Trinajstić information content (AvgIpc) is 2.60. The summed E-state index contributed by atoms with van der Waals surface area (Å²) < 4.78 is 0. The first-order valence-corrected chi connectivity index (χ1v) is 9.15. The summed E-state index contributed by atoms with van der Waals surface area (Å²) in [6.45, 7) is 6.74. The van der Waals surface area contributed by atoms with Crippen molar-refractivity contribution >= 4 is 5.91 Å². The number of likely N-dealkylation sites (tertiary alicyclic amines) is 1. The summed E-state index contributed by atoms with van der Waals surface area (Å²) in [6, 6.07) is 9.55. The van der Waals surface area contributed by atoms with Crippen LogP contribution in [-0.2, 0) is 11.2 Å². The van der Waals surface area contributed by atoms with E-state index in [-0.39, 0.29) is 5.91 Å². The maximum atomic E-state index is 11.9. The van der Waals surface area contributed by atoms with E-state index < -0.39 is 0 Å². The first-order valence-electron chi connectivity index (χ1n) is 9.15. The van der Waals surface area contributed by atoms with Crippen LogP contribution in [0.4, 0.5) is 0 Å². The van der Waals surface area contributed by atoms with Crippen LogP contribution >= 0.6 is 0 Å². The molecule has 1 fully saturated rings. The summed E-state index contributed by atoms with van der Waals surface area (Å²) in [4.78, 5) is 14.4. The number of carbonyl (C=O) groups is 1. The molecule has 2 rings (SSSR count). The molecule has 0 radical (unpaired) electrons. The number of nitrogens with zero attached hydrogens (tertiary/aromatic N) is 2. The highest BCUT2D eigenvalue weighted by Crippen LogP contribution is 2.15. The zero-order valence-corrected chi connectivity index (χ0v) is 14.8. The molecule has 0 bridgehead atoms. The molecule has 4 nitrogen and oxygen atoms in total. The van der Waals surface area contributed by atoms with Gasteiger partial charge >= 0.3 is 0 Å². The first-order chi connectivity index (χ1) is 11.7. The maximum absolute atomic E-state index is 11.9. The van der Waals surface area contributed by atoms with Crippen molar-refractivity contribution in [2.24, 2.45) is 5.92 Å². The smallest absolute Gasteiger partial charge is 0.220 e. The lowest BCUT2D eigenvalue weighted by Crippen LogP contribution is -2.35. The van der Waals surface area contributed by atoms with Gasteiger partial charge in [-0.05, 0) is 68.8 Å². The fourth-order valence-corrected chi connectivity index (χ4v) is 3.27. The van der Waals surface area contributed by atoms with Crippen LogP contribution in [0.25, 0.3) is 0 Å². The van der Waals surface area contributed by atoms with Crippen LogP contribution in [0, 0.1) is 17.2 Å². The number of aryl methyl sites for hydroxylation is 1. The van der Waals surface area contributed by atoms with E-state index in [9.17, 15) is 4.79 Å². The van der Waals surface area contributed by atoms with Crippen LogP contribution in [0.15, 0.2) is 24.3 Å². The normalized spacial score (nSPS) is 18.1. The Bertz CT molecular complexity index is 547. The van der Waals surface area contributed by atoms with Crippen LogP contribution in [0.3, 0.4) is 0 Å². The van der Waals surface area contributed by atoms with Gasteiger partial charge in [0.25, 0.3) is 0 Å². The van der Waals surface area contributed by atoms with Crippen LogP contribution in [0.1, 0.15) is 50.2 Å². The van der Waals surface area contributed by atoms with Crippen molar-refractivity contribution in [3.63, 3.8) is 0 Å². The Kier molecular flexibility index (Phi) is 7.77. The van der Waals surface area contributed by atoms with Gasteiger partial charge in [0, 0.05) is 19.5 Å². The van der Waals surface area contributed by atoms with Crippen LogP contribution in [0.5, 0.6) is 0 Å². The molecule has 1 aromatic rings. The molecular weight excluding hydrogens is 298 g/mol. The summed E-state index contributed by atoms with van der Waals surface area (Å²) in [7, 11) is 0. The number of nitrogens with one attached hydrogen (secondary N) is 1. The lowest BCUT2D eigenvalue weighted by molar-refractivity contribution is -0.121. The van der Waals surface area contributed by atoms with E-state index in [2.05, 4.69) is 23.2 Å². The SMILES string of the molecule is C[C@@H]1CCCN(CCCCNC(=O)CCc2ccc(C#N)cc2)C1. The Balaban J connectivity index is 1.52. The number of nitriles is 1. The van der Waals surface area contributed by atoms with Crippen molar-refractivity contribution < 1.29 is 4.79 Å². The van der Waals surface area contributed by atoms with Gasteiger partial charge in [-0.2, -0.15) is 5.26 Å². The molecule has 1 saturated heterocycles. The van der Waals surface area contributed by atoms with Crippen molar-refractivity contribution in [2.45, 2.75) is 45.4 Å². The number of amides is 1. The largest absolute Gasteiger partial charge is 0.356 e. The molecule has 4 heteroatoms. The number of unbranched alkanes of at least 4 members (excludes halogenated alkanes) is 1. The van der Waals surface area contributed by atoms with Crippen molar-refractivity contribution in [3.05, 3.63) is 35.4 Å². The minimum absolute atomic E-state index is 0.117. The van der Waals surface area contributed by atoms with Gasteiger partial charge in [0.2, 0.25) is 5.91 Å². The van der Waals surface area contributed by atoms with E-state index in [1.165, 1.54) is 25.9 Å². The predicted octanol–water partition coefficient (Wildman–Crippen LogP) is 3.12. The molecule has 0 aliphatic carbocycles. The highest BCUT2D eigenvalue weighted by Gasteiger charge is 2.15. The Hall–Kier alpha value is -1.86. The highest BCUT2D eigenvalue weighted by atomic mass is 16.1. The number of piperidine rings is 1. The fourth-order valence-electron chi connectivity index (χ4n) is 3.27. The van der Waals surface area contributed by atoms with E-state index in [4.69, 9.17) is 5.26 Å². The van der Waals surface area contributed by atoms with Crippen LogP contribution in [-0.4, -0.2) is 37.0 Å². The third kappa shape index (κ3) is 6.72. The predicted molar refractivity (Wildman–Crippen MR) is 96.6 cm³/mol. The lowest BCUT2D eigenvalue weighted by atomic mass is 10.0. The monoisotopic (exact) mass is 327 g/mol. The zero-order chi connectivity index (χ0) is 17.2. The molecule has 0 spiro atoms. The van der Waals surface area contributed by atoms with Gasteiger partial charge in [-0.1, -0.05) is 19.1 Å². The second-order valence-electron chi connectivity index (χ2n) is 6.91. The standard InChI is InChI=1S/C20H29N3O/c1-17-5-4-14-23(16-17)13-3-2-12-22-20(24)11-10-18-6-8-19(15-21)9-7-18/h6-9,17H,2-5,10-14,16H2,1H3,(H,22,24)/t17-/m1/s1. The first kappa shape index (κ1) is 18.5. The Morgan fingerprint density at radius 3 is 2.83 bits per heavy atom. The molecule has 1 amide bonds. The molecule has 1 aliphatic heterocycles. The summed E-state index contributed by atoms with van der Waals surface area (Å²) in [5.41, 5.74) is 1.76. The van der Waals surface area contributed by atoms with E-state index in [0.717, 1.165) is 43.8 Å². The third-order valence-corrected chi connectivity index (χ3v) is 4.69. The highest BCUT2D eigenvalue weighted by molar-refractivity contribution is 5.76. The van der Waals surface area contributed by atoms with Gasteiger partial charge in [0.1, 0.15) is 0 Å². The minimum atomic E-state index is 0.117. The number of hydrogen-bond acceptors (Lipinski definition) is 3. The van der Waals surface area contributed by atoms with Gasteiger partial charge in [-0.25, -0.2) is 0 Å². The van der Waals surface area contributed by atoms with Crippen molar-refractivity contribution in [3.8, 4) is 6.07 Å². The molecule has 1 aliphatic rings. The van der Waals surface area contributed by atoms with Gasteiger partial charge in [-0.3, -0.25) is 4.79 Å². The second kappa shape index (κ2) is 10.1. The number of benzene rings is 1.